The number of carboxylic acid groups (broad SMARTS) is 1. The van der Waals surface area contributed by atoms with Gasteiger partial charge in [-0.3, -0.25) is 9.52 Å². The van der Waals surface area contributed by atoms with Gasteiger partial charge in [-0.2, -0.15) is 0 Å². The Morgan fingerprint density at radius 3 is 2.03 bits per heavy atom. The van der Waals surface area contributed by atoms with Gasteiger partial charge in [-0.05, 0) is 75.4 Å². The maximum Gasteiger partial charge on any atom is 0.313 e. The van der Waals surface area contributed by atoms with Crippen molar-refractivity contribution in [3.8, 4) is 23.0 Å². The number of phenols is 1. The number of aliphatic carboxylic acids is 1. The molecular formula is C28H27NO7S2. The SMILES string of the molecule is CC(C)(C)Oc1ccc(Oc2ccc(S(=O)(=O)Nc3cc(SCC(=O)O)c(O)c4ccccc34)cc2)cc1. The average molecular weight is 554 g/mol. The number of fused-ring (bicyclic) bond motifs is 1. The number of hydrogen-bond donors (Lipinski definition) is 3. The minimum absolute atomic E-state index is 0.00988. The number of thioether (sulfide) groups is 1. The summed E-state index contributed by atoms with van der Waals surface area (Å²) in [6.45, 7) is 5.88. The summed E-state index contributed by atoms with van der Waals surface area (Å²) < 4.78 is 40.6. The largest absolute Gasteiger partial charge is 0.506 e. The van der Waals surface area contributed by atoms with Crippen LogP contribution in [0.5, 0.6) is 23.0 Å². The second-order valence-corrected chi connectivity index (χ2v) is 12.1. The lowest BCUT2D eigenvalue weighted by Crippen LogP contribution is -2.22. The highest BCUT2D eigenvalue weighted by Gasteiger charge is 2.19. The first-order valence-electron chi connectivity index (χ1n) is 11.6. The molecule has 0 unspecified atom stereocenters. The van der Waals surface area contributed by atoms with Crippen LogP contribution in [-0.2, 0) is 14.8 Å². The number of aromatic hydroxyl groups is 1. The highest BCUT2D eigenvalue weighted by Crippen LogP contribution is 2.40. The third-order valence-electron chi connectivity index (χ3n) is 5.19. The highest BCUT2D eigenvalue weighted by atomic mass is 32.2. The average Bonchev–Trinajstić information content (AvgIpc) is 2.85. The van der Waals surface area contributed by atoms with Crippen molar-refractivity contribution in [2.45, 2.75) is 36.2 Å². The number of carbonyl (C=O) groups is 1. The second-order valence-electron chi connectivity index (χ2n) is 9.36. The van der Waals surface area contributed by atoms with Crippen LogP contribution in [0.4, 0.5) is 5.69 Å². The van der Waals surface area contributed by atoms with E-state index in [1.807, 2.05) is 20.8 Å². The van der Waals surface area contributed by atoms with Crippen LogP contribution in [0.2, 0.25) is 0 Å². The summed E-state index contributed by atoms with van der Waals surface area (Å²) >= 11 is 0.903. The van der Waals surface area contributed by atoms with Crippen LogP contribution >= 0.6 is 11.8 Å². The summed E-state index contributed by atoms with van der Waals surface area (Å²) in [6, 6.07) is 21.3. The number of sulfonamides is 1. The molecule has 0 aliphatic rings. The third kappa shape index (κ3) is 6.70. The van der Waals surface area contributed by atoms with Gasteiger partial charge in [0.15, 0.2) is 0 Å². The van der Waals surface area contributed by atoms with Gasteiger partial charge in [0.25, 0.3) is 10.0 Å². The molecule has 0 aliphatic carbocycles. The molecule has 0 heterocycles. The summed E-state index contributed by atoms with van der Waals surface area (Å²) in [4.78, 5) is 11.3. The van der Waals surface area contributed by atoms with Gasteiger partial charge in [0, 0.05) is 10.8 Å². The van der Waals surface area contributed by atoms with Crippen molar-refractivity contribution >= 4 is 44.2 Å². The monoisotopic (exact) mass is 553 g/mol. The van der Waals surface area contributed by atoms with Crippen LogP contribution < -0.4 is 14.2 Å². The molecule has 0 aliphatic heterocycles. The van der Waals surface area contributed by atoms with E-state index in [-0.39, 0.29) is 32.6 Å². The van der Waals surface area contributed by atoms with Crippen molar-refractivity contribution in [1.29, 1.82) is 0 Å². The summed E-state index contributed by atoms with van der Waals surface area (Å²) in [6.07, 6.45) is 0. The topological polar surface area (TPSA) is 122 Å². The fraction of sp³-hybridized carbons (Fsp3) is 0.179. The first-order chi connectivity index (χ1) is 17.9. The van der Waals surface area contributed by atoms with E-state index in [1.54, 1.807) is 60.7 Å². The number of anilines is 1. The second kappa shape index (κ2) is 10.8. The molecule has 0 aromatic heterocycles. The molecule has 4 aromatic rings. The van der Waals surface area contributed by atoms with E-state index in [1.165, 1.54) is 18.2 Å². The molecule has 0 atom stereocenters. The smallest absolute Gasteiger partial charge is 0.313 e. The van der Waals surface area contributed by atoms with Gasteiger partial charge in [-0.25, -0.2) is 8.42 Å². The van der Waals surface area contributed by atoms with Gasteiger partial charge >= 0.3 is 5.97 Å². The van der Waals surface area contributed by atoms with Crippen LogP contribution in [0, 0.1) is 0 Å². The summed E-state index contributed by atoms with van der Waals surface area (Å²) in [5.41, 5.74) is -0.0903. The number of nitrogens with one attached hydrogen (secondary N) is 1. The Balaban J connectivity index is 1.54. The summed E-state index contributed by atoms with van der Waals surface area (Å²) in [5.74, 6) is 0.295. The summed E-state index contributed by atoms with van der Waals surface area (Å²) in [7, 11) is -4.01. The first-order valence-corrected chi connectivity index (χ1v) is 14.1. The fourth-order valence-electron chi connectivity index (χ4n) is 3.62. The van der Waals surface area contributed by atoms with E-state index < -0.39 is 16.0 Å². The Bertz CT molecular complexity index is 1560. The maximum atomic E-state index is 13.2. The van der Waals surface area contributed by atoms with Gasteiger partial charge in [0.05, 0.1) is 21.2 Å². The third-order valence-corrected chi connectivity index (χ3v) is 7.59. The molecule has 0 saturated heterocycles. The zero-order chi connectivity index (χ0) is 27.5. The van der Waals surface area contributed by atoms with E-state index in [9.17, 15) is 18.3 Å². The van der Waals surface area contributed by atoms with E-state index >= 15 is 0 Å². The number of carboxylic acids is 1. The standard InChI is InChI=1S/C28H27NO7S2/c1-28(2,3)36-20-10-8-18(9-11-20)35-19-12-14-21(15-13-19)38(33,34)29-24-16-25(37-17-26(30)31)27(32)23-7-5-4-6-22(23)24/h4-16,29,32H,17H2,1-3H3,(H,30,31). The van der Waals surface area contributed by atoms with Crippen LogP contribution in [0.3, 0.4) is 0 Å². The molecule has 0 saturated carbocycles. The molecule has 198 valence electrons. The van der Waals surface area contributed by atoms with Crippen LogP contribution in [0.1, 0.15) is 20.8 Å². The zero-order valence-corrected chi connectivity index (χ0v) is 22.6. The van der Waals surface area contributed by atoms with Crippen molar-refractivity contribution in [2.75, 3.05) is 10.5 Å². The molecule has 38 heavy (non-hydrogen) atoms. The van der Waals surface area contributed by atoms with Crippen LogP contribution in [-0.4, -0.2) is 36.0 Å². The molecule has 0 amide bonds. The van der Waals surface area contributed by atoms with Crippen molar-refractivity contribution in [3.05, 3.63) is 78.9 Å². The van der Waals surface area contributed by atoms with Gasteiger partial charge in [-0.1, -0.05) is 24.3 Å². The normalized spacial score (nSPS) is 11.8. The first kappa shape index (κ1) is 27.2. The molecule has 4 aromatic carbocycles. The molecule has 3 N–H and O–H groups in total. The number of rotatable bonds is 9. The molecule has 8 nitrogen and oxygen atoms in total. The van der Waals surface area contributed by atoms with E-state index in [2.05, 4.69) is 4.72 Å². The molecule has 0 spiro atoms. The lowest BCUT2D eigenvalue weighted by molar-refractivity contribution is -0.133. The van der Waals surface area contributed by atoms with Crippen molar-refractivity contribution in [3.63, 3.8) is 0 Å². The lowest BCUT2D eigenvalue weighted by atomic mass is 10.1. The number of benzene rings is 4. The molecule has 0 bridgehead atoms. The Morgan fingerprint density at radius 1 is 0.895 bits per heavy atom. The molecular weight excluding hydrogens is 526 g/mol. The van der Waals surface area contributed by atoms with E-state index in [0.717, 1.165) is 11.8 Å². The quantitative estimate of drug-likeness (QED) is 0.159. The molecule has 0 radical (unpaired) electrons. The Hall–Kier alpha value is -3.89. The van der Waals surface area contributed by atoms with E-state index in [4.69, 9.17) is 14.6 Å². The van der Waals surface area contributed by atoms with Gasteiger partial charge in [-0.15, -0.1) is 11.8 Å². The Labute approximate surface area is 225 Å². The molecule has 4 rings (SSSR count). The van der Waals surface area contributed by atoms with Gasteiger partial charge < -0.3 is 19.7 Å². The Kier molecular flexibility index (Phi) is 7.75. The predicted molar refractivity (Wildman–Crippen MR) is 148 cm³/mol. The van der Waals surface area contributed by atoms with Gasteiger partial charge in [0.1, 0.15) is 28.6 Å². The Morgan fingerprint density at radius 2 is 1.45 bits per heavy atom. The van der Waals surface area contributed by atoms with Crippen LogP contribution in [0.15, 0.2) is 88.7 Å². The lowest BCUT2D eigenvalue weighted by Gasteiger charge is -2.21. The summed E-state index contributed by atoms with van der Waals surface area (Å²) in [5, 5.41) is 20.5. The van der Waals surface area contributed by atoms with Gasteiger partial charge in [0.2, 0.25) is 0 Å². The maximum absolute atomic E-state index is 13.2. The number of phenolic OH excluding ortho intramolecular Hbond substituents is 1. The highest BCUT2D eigenvalue weighted by molar-refractivity contribution is 8.00. The van der Waals surface area contributed by atoms with Crippen molar-refractivity contribution in [2.24, 2.45) is 0 Å². The predicted octanol–water partition coefficient (Wildman–Crippen LogP) is 6.49. The molecule has 10 heteroatoms. The molecule has 0 fully saturated rings. The fourth-order valence-corrected chi connectivity index (χ4v) is 5.42. The number of ether oxygens (including phenoxy) is 2. The minimum atomic E-state index is -4.01. The minimum Gasteiger partial charge on any atom is -0.506 e. The number of hydrogen-bond acceptors (Lipinski definition) is 7. The zero-order valence-electron chi connectivity index (χ0n) is 21.0. The van der Waals surface area contributed by atoms with Crippen molar-refractivity contribution in [1.82, 2.24) is 0 Å². The van der Waals surface area contributed by atoms with Crippen LogP contribution in [0.25, 0.3) is 10.8 Å². The van der Waals surface area contributed by atoms with Crippen molar-refractivity contribution < 1.29 is 32.9 Å². The van der Waals surface area contributed by atoms with E-state index in [0.29, 0.717) is 28.0 Å².